The van der Waals surface area contributed by atoms with Crippen LogP contribution in [0.15, 0.2) is 6.20 Å². The molecule has 0 aromatic carbocycles. The van der Waals surface area contributed by atoms with E-state index in [0.29, 0.717) is 12.1 Å². The molecule has 58 valence electrons. The molecule has 2 heterocycles. The van der Waals surface area contributed by atoms with Gasteiger partial charge in [-0.05, 0) is 0 Å². The van der Waals surface area contributed by atoms with Crippen LogP contribution >= 0.6 is 0 Å². The quantitative estimate of drug-likeness (QED) is 0.584. The zero-order valence-corrected chi connectivity index (χ0v) is 6.29. The number of nitrogens with one attached hydrogen (secondary N) is 1. The van der Waals surface area contributed by atoms with Crippen molar-refractivity contribution in [2.24, 2.45) is 7.05 Å². The number of fused-ring (bicyclic) bond motifs is 1. The molecule has 0 atom stereocenters. The second-order valence-corrected chi connectivity index (χ2v) is 2.67. The number of carbonyl (C=O) groups is 1. The first-order valence-electron chi connectivity index (χ1n) is 3.58. The van der Waals surface area contributed by atoms with Crippen molar-refractivity contribution in [2.45, 2.75) is 6.42 Å². The van der Waals surface area contributed by atoms with Crippen LogP contribution in [-0.2, 0) is 7.05 Å². The number of aryl methyl sites for hydroxylation is 1. The van der Waals surface area contributed by atoms with Crippen LogP contribution in [0.3, 0.4) is 0 Å². The van der Waals surface area contributed by atoms with Crippen molar-refractivity contribution in [1.29, 1.82) is 0 Å². The summed E-state index contributed by atoms with van der Waals surface area (Å²) in [6.45, 7) is 0.734. The van der Waals surface area contributed by atoms with E-state index in [4.69, 9.17) is 0 Å². The topological polar surface area (TPSA) is 46.9 Å². The molecule has 0 unspecified atom stereocenters. The Morgan fingerprint density at radius 3 is 3.27 bits per heavy atom. The van der Waals surface area contributed by atoms with Gasteiger partial charge in [0.05, 0.1) is 5.69 Å². The van der Waals surface area contributed by atoms with Crippen molar-refractivity contribution in [3.05, 3.63) is 11.9 Å². The van der Waals surface area contributed by atoms with Gasteiger partial charge < -0.3 is 5.32 Å². The Balaban J connectivity index is 2.52. The first-order chi connectivity index (χ1) is 5.27. The molecule has 0 fully saturated rings. The summed E-state index contributed by atoms with van der Waals surface area (Å²) in [5.74, 6) is 0.138. The molecule has 1 aromatic heterocycles. The van der Waals surface area contributed by atoms with E-state index in [1.165, 1.54) is 0 Å². The molecule has 11 heavy (non-hydrogen) atoms. The lowest BCUT2D eigenvalue weighted by molar-refractivity contribution is 0.0978. The Bertz CT molecular complexity index is 303. The van der Waals surface area contributed by atoms with Gasteiger partial charge in [-0.15, -0.1) is 0 Å². The predicted octanol–water partition coefficient (Wildman–Crippen LogP) is 0.418. The maximum Gasteiger partial charge on any atom is 0.186 e. The van der Waals surface area contributed by atoms with Gasteiger partial charge in [0.15, 0.2) is 11.5 Å². The molecule has 0 amide bonds. The van der Waals surface area contributed by atoms with Gasteiger partial charge in [-0.1, -0.05) is 0 Å². The predicted molar refractivity (Wildman–Crippen MR) is 40.6 cm³/mol. The Labute approximate surface area is 64.2 Å². The van der Waals surface area contributed by atoms with Crippen molar-refractivity contribution in [3.63, 3.8) is 0 Å². The number of hydrogen-bond acceptors (Lipinski definition) is 3. The molecule has 0 spiro atoms. The van der Waals surface area contributed by atoms with Crippen molar-refractivity contribution in [1.82, 2.24) is 9.78 Å². The lowest BCUT2D eigenvalue weighted by atomic mass is 10.1. The summed E-state index contributed by atoms with van der Waals surface area (Å²) in [6.07, 6.45) is 2.39. The maximum absolute atomic E-state index is 11.2. The first-order valence-corrected chi connectivity index (χ1v) is 3.58. The molecule has 4 nitrogen and oxygen atoms in total. The Kier molecular flexibility index (Phi) is 1.21. The van der Waals surface area contributed by atoms with Gasteiger partial charge >= 0.3 is 0 Å². The third-order valence-corrected chi connectivity index (χ3v) is 1.76. The fraction of sp³-hybridized carbons (Fsp3) is 0.429. The van der Waals surface area contributed by atoms with Crippen LogP contribution < -0.4 is 5.32 Å². The molecule has 1 N–H and O–H groups in total. The summed E-state index contributed by atoms with van der Waals surface area (Å²) in [4.78, 5) is 11.2. The van der Waals surface area contributed by atoms with E-state index >= 15 is 0 Å². The molecule has 1 aliphatic rings. The summed E-state index contributed by atoms with van der Waals surface area (Å²) < 4.78 is 1.65. The monoisotopic (exact) mass is 151 g/mol. The number of anilines is 1. The molecular formula is C7H9N3O. The van der Waals surface area contributed by atoms with Crippen LogP contribution in [0.1, 0.15) is 16.9 Å². The SMILES string of the molecule is Cn1cc2c(n1)C(=O)CCN2. The second-order valence-electron chi connectivity index (χ2n) is 2.67. The molecule has 0 radical (unpaired) electrons. The van der Waals surface area contributed by atoms with E-state index in [-0.39, 0.29) is 5.78 Å². The van der Waals surface area contributed by atoms with E-state index in [1.807, 2.05) is 13.2 Å². The van der Waals surface area contributed by atoms with Crippen LogP contribution in [0.5, 0.6) is 0 Å². The third kappa shape index (κ3) is 0.906. The summed E-state index contributed by atoms with van der Waals surface area (Å²) in [5, 5.41) is 7.15. The molecule has 1 aliphatic heterocycles. The Hall–Kier alpha value is -1.32. The first kappa shape index (κ1) is 6.39. The van der Waals surface area contributed by atoms with E-state index in [9.17, 15) is 4.79 Å². The molecule has 0 aliphatic carbocycles. The standard InChI is InChI=1S/C7H9N3O/c1-10-4-5-7(9-10)6(11)2-3-8-5/h4,8H,2-3H2,1H3. The maximum atomic E-state index is 11.2. The average molecular weight is 151 g/mol. The molecular weight excluding hydrogens is 142 g/mol. The van der Waals surface area contributed by atoms with Crippen molar-refractivity contribution in [3.8, 4) is 0 Å². The zero-order chi connectivity index (χ0) is 7.84. The smallest absolute Gasteiger partial charge is 0.186 e. The Morgan fingerprint density at radius 1 is 1.73 bits per heavy atom. The van der Waals surface area contributed by atoms with Crippen LogP contribution in [-0.4, -0.2) is 22.1 Å². The van der Waals surface area contributed by atoms with Gasteiger partial charge in [0.2, 0.25) is 0 Å². The van der Waals surface area contributed by atoms with Gasteiger partial charge in [0, 0.05) is 26.2 Å². The van der Waals surface area contributed by atoms with Crippen molar-refractivity contribution >= 4 is 11.5 Å². The summed E-state index contributed by atoms with van der Waals surface area (Å²) >= 11 is 0. The Morgan fingerprint density at radius 2 is 2.55 bits per heavy atom. The highest BCUT2D eigenvalue weighted by Crippen LogP contribution is 2.18. The largest absolute Gasteiger partial charge is 0.381 e. The highest BCUT2D eigenvalue weighted by Gasteiger charge is 2.19. The fourth-order valence-corrected chi connectivity index (χ4v) is 1.25. The van der Waals surface area contributed by atoms with Gasteiger partial charge in [0.1, 0.15) is 0 Å². The van der Waals surface area contributed by atoms with Crippen LogP contribution in [0.25, 0.3) is 0 Å². The molecule has 0 saturated carbocycles. The molecule has 0 saturated heterocycles. The molecule has 4 heteroatoms. The van der Waals surface area contributed by atoms with Crippen molar-refractivity contribution < 1.29 is 4.79 Å². The van der Waals surface area contributed by atoms with Crippen LogP contribution in [0.2, 0.25) is 0 Å². The number of carbonyl (C=O) groups excluding carboxylic acids is 1. The number of nitrogens with zero attached hydrogens (tertiary/aromatic N) is 2. The number of aromatic nitrogens is 2. The minimum absolute atomic E-state index is 0.138. The van der Waals surface area contributed by atoms with Gasteiger partial charge in [0.25, 0.3) is 0 Å². The van der Waals surface area contributed by atoms with Crippen LogP contribution in [0, 0.1) is 0 Å². The summed E-state index contributed by atoms with van der Waals surface area (Å²) in [6, 6.07) is 0. The molecule has 0 bridgehead atoms. The number of ketones is 1. The number of hydrogen-bond donors (Lipinski definition) is 1. The molecule has 1 aromatic rings. The zero-order valence-electron chi connectivity index (χ0n) is 6.29. The van der Waals surface area contributed by atoms with Crippen LogP contribution in [0.4, 0.5) is 5.69 Å². The van der Waals surface area contributed by atoms with Gasteiger partial charge in [-0.3, -0.25) is 9.48 Å². The fourth-order valence-electron chi connectivity index (χ4n) is 1.25. The van der Waals surface area contributed by atoms with E-state index in [1.54, 1.807) is 4.68 Å². The normalized spacial score (nSPS) is 15.9. The molecule has 2 rings (SSSR count). The van der Waals surface area contributed by atoms with Crippen molar-refractivity contribution in [2.75, 3.05) is 11.9 Å². The summed E-state index contributed by atoms with van der Waals surface area (Å²) in [7, 11) is 1.81. The van der Waals surface area contributed by atoms with E-state index in [0.717, 1.165) is 12.2 Å². The number of Topliss-reactive ketones (excluding diaryl/α,β-unsaturated/α-hetero) is 1. The van der Waals surface area contributed by atoms with E-state index < -0.39 is 0 Å². The number of rotatable bonds is 0. The average Bonchev–Trinajstić information content (AvgIpc) is 2.31. The highest BCUT2D eigenvalue weighted by molar-refractivity contribution is 6.01. The highest BCUT2D eigenvalue weighted by atomic mass is 16.1. The third-order valence-electron chi connectivity index (χ3n) is 1.76. The minimum Gasteiger partial charge on any atom is -0.381 e. The second kappa shape index (κ2) is 2.08. The van der Waals surface area contributed by atoms with E-state index in [2.05, 4.69) is 10.4 Å². The van der Waals surface area contributed by atoms with Gasteiger partial charge in [-0.25, -0.2) is 0 Å². The summed E-state index contributed by atoms with van der Waals surface area (Å²) in [5.41, 5.74) is 1.45. The lowest BCUT2D eigenvalue weighted by Gasteiger charge is -2.09. The lowest BCUT2D eigenvalue weighted by Crippen LogP contribution is -2.16. The minimum atomic E-state index is 0.138. The van der Waals surface area contributed by atoms with Gasteiger partial charge in [-0.2, -0.15) is 5.10 Å².